The van der Waals surface area contributed by atoms with Gasteiger partial charge in [0.1, 0.15) is 11.0 Å². The lowest BCUT2D eigenvalue weighted by molar-refractivity contribution is 0.391. The molecule has 33 heavy (non-hydrogen) atoms. The van der Waals surface area contributed by atoms with Gasteiger partial charge < -0.3 is 9.09 Å². The molecule has 5 aromatic rings. The Morgan fingerprint density at radius 2 is 1.67 bits per heavy atom. The van der Waals surface area contributed by atoms with Crippen molar-refractivity contribution in [3.63, 3.8) is 0 Å². The van der Waals surface area contributed by atoms with Crippen molar-refractivity contribution in [1.29, 1.82) is 0 Å². The van der Waals surface area contributed by atoms with Crippen molar-refractivity contribution in [3.05, 3.63) is 83.1 Å². The zero-order valence-corrected chi connectivity index (χ0v) is 19.2. The Kier molecular flexibility index (Phi) is 5.83. The molecule has 0 saturated carbocycles. The van der Waals surface area contributed by atoms with Gasteiger partial charge in [-0.25, -0.2) is 4.98 Å². The summed E-state index contributed by atoms with van der Waals surface area (Å²) in [6.45, 7) is 2.64. The van der Waals surface area contributed by atoms with Crippen LogP contribution in [0, 0.1) is 0 Å². The predicted octanol–water partition coefficient (Wildman–Crippen LogP) is 5.15. The van der Waals surface area contributed by atoms with Crippen LogP contribution in [0.1, 0.15) is 19.2 Å². The number of hydrogen-bond acceptors (Lipinski definition) is 6. The first-order valence-corrected chi connectivity index (χ1v) is 11.8. The first kappa shape index (κ1) is 21.2. The average molecular weight is 458 g/mol. The van der Waals surface area contributed by atoms with Gasteiger partial charge in [0.05, 0.1) is 5.75 Å². The Morgan fingerprint density at radius 3 is 2.36 bits per heavy atom. The van der Waals surface area contributed by atoms with E-state index >= 15 is 0 Å². The van der Waals surface area contributed by atoms with E-state index in [9.17, 15) is 4.79 Å². The van der Waals surface area contributed by atoms with Crippen LogP contribution >= 0.6 is 11.8 Å². The third kappa shape index (κ3) is 4.09. The summed E-state index contributed by atoms with van der Waals surface area (Å²) in [7, 11) is 1.89. The Hall–Kier alpha value is -3.65. The third-order valence-corrected chi connectivity index (χ3v) is 6.36. The van der Waals surface area contributed by atoms with E-state index in [0.29, 0.717) is 40.2 Å². The van der Waals surface area contributed by atoms with Gasteiger partial charge >= 0.3 is 0 Å². The number of nitrogens with zero attached hydrogens (tertiary/aromatic N) is 5. The predicted molar refractivity (Wildman–Crippen MR) is 130 cm³/mol. The minimum absolute atomic E-state index is 0.0375. The van der Waals surface area contributed by atoms with Crippen LogP contribution in [-0.4, -0.2) is 24.3 Å². The van der Waals surface area contributed by atoms with E-state index in [-0.39, 0.29) is 5.56 Å². The van der Waals surface area contributed by atoms with Gasteiger partial charge in [0.15, 0.2) is 5.16 Å². The summed E-state index contributed by atoms with van der Waals surface area (Å²) in [5.74, 6) is 1.47. The fraction of sp³-hybridized carbons (Fsp3) is 0.200. The highest BCUT2D eigenvalue weighted by Gasteiger charge is 2.19. The maximum atomic E-state index is 13.4. The summed E-state index contributed by atoms with van der Waals surface area (Å²) in [6, 6.07) is 19.7. The molecule has 0 spiro atoms. The molecule has 0 unspecified atom stereocenters. The van der Waals surface area contributed by atoms with Gasteiger partial charge in [0, 0.05) is 30.9 Å². The van der Waals surface area contributed by atoms with Crippen molar-refractivity contribution in [3.8, 4) is 22.5 Å². The summed E-state index contributed by atoms with van der Waals surface area (Å²) in [4.78, 5) is 22.9. The summed E-state index contributed by atoms with van der Waals surface area (Å²) in [5, 5.41) is 4.74. The highest BCUT2D eigenvalue weighted by molar-refractivity contribution is 7.98. The number of fused-ring (bicyclic) bond motifs is 1. The van der Waals surface area contributed by atoms with Gasteiger partial charge in [-0.15, -0.1) is 0 Å². The Morgan fingerprint density at radius 1 is 0.970 bits per heavy atom. The zero-order valence-electron chi connectivity index (χ0n) is 18.4. The molecule has 0 bridgehead atoms. The summed E-state index contributed by atoms with van der Waals surface area (Å²) >= 11 is 1.44. The topological polar surface area (TPSA) is 78.7 Å². The molecule has 166 valence electrons. The van der Waals surface area contributed by atoms with Crippen molar-refractivity contribution >= 4 is 22.8 Å². The zero-order chi connectivity index (χ0) is 22.8. The fourth-order valence-electron chi connectivity index (χ4n) is 3.85. The fourth-order valence-corrected chi connectivity index (χ4v) is 4.71. The molecule has 0 fully saturated rings. The van der Waals surface area contributed by atoms with Crippen molar-refractivity contribution < 1.29 is 4.52 Å². The molecule has 0 atom stereocenters. The highest BCUT2D eigenvalue weighted by atomic mass is 32.2. The van der Waals surface area contributed by atoms with Gasteiger partial charge in [-0.3, -0.25) is 9.36 Å². The van der Waals surface area contributed by atoms with E-state index in [1.165, 1.54) is 11.8 Å². The minimum Gasteiger partial charge on any atom is -0.344 e. The molecular weight excluding hydrogens is 434 g/mol. The molecule has 0 aliphatic carbocycles. The van der Waals surface area contributed by atoms with Gasteiger partial charge in [-0.2, -0.15) is 4.98 Å². The molecule has 3 aromatic heterocycles. The molecule has 3 heterocycles. The first-order chi connectivity index (χ1) is 16.2. The smallest absolute Gasteiger partial charge is 0.278 e. The van der Waals surface area contributed by atoms with Gasteiger partial charge in [-0.05, 0) is 12.0 Å². The number of hydrogen-bond donors (Lipinski definition) is 0. The normalized spacial score (nSPS) is 11.3. The summed E-state index contributed by atoms with van der Waals surface area (Å²) < 4.78 is 9.07. The first-order valence-electron chi connectivity index (χ1n) is 10.8. The van der Waals surface area contributed by atoms with Crippen molar-refractivity contribution in [2.24, 2.45) is 7.05 Å². The lowest BCUT2D eigenvalue weighted by Crippen LogP contribution is -2.24. The van der Waals surface area contributed by atoms with E-state index in [1.54, 1.807) is 4.57 Å². The summed E-state index contributed by atoms with van der Waals surface area (Å²) in [6.07, 6.45) is 2.80. The number of aromatic nitrogens is 5. The van der Waals surface area contributed by atoms with E-state index in [1.807, 2.05) is 78.5 Å². The molecule has 0 N–H and O–H groups in total. The highest BCUT2D eigenvalue weighted by Crippen LogP contribution is 2.30. The maximum Gasteiger partial charge on any atom is 0.278 e. The van der Waals surface area contributed by atoms with Crippen LogP contribution in [0.2, 0.25) is 0 Å². The monoisotopic (exact) mass is 457 g/mol. The van der Waals surface area contributed by atoms with Crippen LogP contribution in [-0.2, 0) is 19.3 Å². The summed E-state index contributed by atoms with van der Waals surface area (Å²) in [5.41, 5.74) is 4.15. The van der Waals surface area contributed by atoms with Crippen molar-refractivity contribution in [1.82, 2.24) is 24.3 Å². The third-order valence-electron chi connectivity index (χ3n) is 5.40. The number of benzene rings is 2. The molecule has 8 heteroatoms. The van der Waals surface area contributed by atoms with Crippen LogP contribution in [0.25, 0.3) is 33.5 Å². The van der Waals surface area contributed by atoms with E-state index in [0.717, 1.165) is 23.1 Å². The minimum atomic E-state index is -0.0375. The van der Waals surface area contributed by atoms with Gasteiger partial charge in [0.25, 0.3) is 5.56 Å². The van der Waals surface area contributed by atoms with Crippen LogP contribution in [0.15, 0.2) is 81.3 Å². The molecule has 2 aromatic carbocycles. The molecule has 0 radical (unpaired) electrons. The lowest BCUT2D eigenvalue weighted by atomic mass is 10.1. The SMILES string of the molecule is CCCn1c(SCc2nc(-c3ccccc3)no2)nc2c(-c3ccccc3)cn(C)c2c1=O. The number of aryl methyl sites for hydroxylation is 1. The van der Waals surface area contributed by atoms with Crippen LogP contribution in [0.5, 0.6) is 0 Å². The van der Waals surface area contributed by atoms with Crippen molar-refractivity contribution in [2.75, 3.05) is 0 Å². The maximum absolute atomic E-state index is 13.4. The molecule has 0 aliphatic rings. The quantitative estimate of drug-likeness (QED) is 0.248. The number of rotatable bonds is 7. The molecule has 5 rings (SSSR count). The number of thioether (sulfide) groups is 1. The average Bonchev–Trinajstić information content (AvgIpc) is 3.45. The Bertz CT molecular complexity index is 1460. The Balaban J connectivity index is 1.52. The largest absolute Gasteiger partial charge is 0.344 e. The van der Waals surface area contributed by atoms with Crippen molar-refractivity contribution in [2.45, 2.75) is 30.8 Å². The van der Waals surface area contributed by atoms with E-state index in [4.69, 9.17) is 9.51 Å². The van der Waals surface area contributed by atoms with Gasteiger partial charge in [0.2, 0.25) is 11.7 Å². The molecular formula is C25H23N5O2S. The lowest BCUT2D eigenvalue weighted by Gasteiger charge is -2.11. The molecule has 0 saturated heterocycles. The standard InChI is InChI=1S/C25H23N5O2S/c1-3-14-30-24(31)22-21(19(15-29(22)2)17-10-6-4-7-11-17)27-25(30)33-16-20-26-23(28-32-20)18-12-8-5-9-13-18/h4-13,15H,3,14,16H2,1-2H3. The second kappa shape index (κ2) is 9.07. The Labute approximate surface area is 195 Å². The van der Waals surface area contributed by atoms with Gasteiger partial charge in [-0.1, -0.05) is 84.5 Å². The second-order valence-electron chi connectivity index (χ2n) is 7.73. The van der Waals surface area contributed by atoms with Crippen LogP contribution in [0.3, 0.4) is 0 Å². The second-order valence-corrected chi connectivity index (χ2v) is 8.68. The molecule has 0 aliphatic heterocycles. The van der Waals surface area contributed by atoms with Crippen LogP contribution < -0.4 is 5.56 Å². The molecule has 0 amide bonds. The van der Waals surface area contributed by atoms with Crippen LogP contribution in [0.4, 0.5) is 0 Å². The van der Waals surface area contributed by atoms with E-state index in [2.05, 4.69) is 17.1 Å². The van der Waals surface area contributed by atoms with E-state index < -0.39 is 0 Å². The molecule has 7 nitrogen and oxygen atoms in total.